The number of nitrogens with one attached hydrogen (secondary N) is 3. The van der Waals surface area contributed by atoms with E-state index in [9.17, 15) is 14.4 Å². The van der Waals surface area contributed by atoms with Crippen LogP contribution in [0.1, 0.15) is 21.5 Å². The molecule has 3 aromatic carbocycles. The maximum atomic E-state index is 12.6. The first-order chi connectivity index (χ1) is 15.1. The number of ether oxygens (including phenoxy) is 1. The predicted molar refractivity (Wildman–Crippen MR) is 118 cm³/mol. The van der Waals surface area contributed by atoms with Crippen molar-refractivity contribution >= 4 is 23.4 Å². The highest BCUT2D eigenvalue weighted by atomic mass is 16.5. The van der Waals surface area contributed by atoms with Crippen molar-refractivity contribution in [3.63, 3.8) is 0 Å². The molecule has 0 saturated heterocycles. The van der Waals surface area contributed by atoms with Crippen LogP contribution in [0.3, 0.4) is 0 Å². The normalized spacial score (nSPS) is 10.1. The lowest BCUT2D eigenvalue weighted by Crippen LogP contribution is -2.35. The minimum absolute atomic E-state index is 0.169. The minimum Gasteiger partial charge on any atom is -0.497 e. The van der Waals surface area contributed by atoms with E-state index in [1.807, 2.05) is 36.4 Å². The van der Waals surface area contributed by atoms with Gasteiger partial charge in [0.25, 0.3) is 5.91 Å². The van der Waals surface area contributed by atoms with Crippen molar-refractivity contribution in [2.45, 2.75) is 13.1 Å². The summed E-state index contributed by atoms with van der Waals surface area (Å²) in [6.45, 7) is 0.519. The topological polar surface area (TPSA) is 96.5 Å². The highest BCUT2D eigenvalue weighted by molar-refractivity contribution is 6.40. The summed E-state index contributed by atoms with van der Waals surface area (Å²) in [6.07, 6.45) is 0. The summed E-state index contributed by atoms with van der Waals surface area (Å²) in [5, 5.41) is 7.88. The molecule has 0 heterocycles. The van der Waals surface area contributed by atoms with Crippen LogP contribution in [-0.4, -0.2) is 24.8 Å². The first-order valence-electron chi connectivity index (χ1n) is 9.70. The molecule has 0 atom stereocenters. The molecule has 3 amide bonds. The molecule has 31 heavy (non-hydrogen) atoms. The first-order valence-corrected chi connectivity index (χ1v) is 9.70. The van der Waals surface area contributed by atoms with Gasteiger partial charge in [0.2, 0.25) is 0 Å². The Bertz CT molecular complexity index is 1070. The molecule has 0 aliphatic rings. The molecule has 3 N–H and O–H groups in total. The molecule has 0 aromatic heterocycles. The molecule has 0 spiro atoms. The number of rotatable bonds is 7. The quantitative estimate of drug-likeness (QED) is 0.515. The highest BCUT2D eigenvalue weighted by Crippen LogP contribution is 2.15. The fourth-order valence-corrected chi connectivity index (χ4v) is 2.89. The largest absolute Gasteiger partial charge is 0.497 e. The zero-order valence-electron chi connectivity index (χ0n) is 17.1. The van der Waals surface area contributed by atoms with Gasteiger partial charge in [-0.25, -0.2) is 0 Å². The van der Waals surface area contributed by atoms with Crippen molar-refractivity contribution in [1.29, 1.82) is 0 Å². The third-order valence-corrected chi connectivity index (χ3v) is 4.51. The number of para-hydroxylation sites is 1. The molecule has 3 aromatic rings. The second-order valence-corrected chi connectivity index (χ2v) is 6.70. The average molecular weight is 417 g/mol. The van der Waals surface area contributed by atoms with Gasteiger partial charge in [-0.15, -0.1) is 0 Å². The van der Waals surface area contributed by atoms with E-state index < -0.39 is 11.8 Å². The van der Waals surface area contributed by atoms with Crippen molar-refractivity contribution in [3.8, 4) is 5.75 Å². The number of amides is 3. The van der Waals surface area contributed by atoms with Crippen LogP contribution in [0.15, 0.2) is 78.9 Å². The van der Waals surface area contributed by atoms with Crippen LogP contribution in [0.4, 0.5) is 5.69 Å². The lowest BCUT2D eigenvalue weighted by atomic mass is 10.1. The van der Waals surface area contributed by atoms with Crippen LogP contribution in [-0.2, 0) is 22.7 Å². The van der Waals surface area contributed by atoms with Crippen molar-refractivity contribution in [2.75, 3.05) is 12.4 Å². The number of carbonyl (C=O) groups is 3. The van der Waals surface area contributed by atoms with E-state index >= 15 is 0 Å². The zero-order valence-corrected chi connectivity index (χ0v) is 17.1. The molecule has 0 bridgehead atoms. The molecule has 0 radical (unpaired) electrons. The van der Waals surface area contributed by atoms with E-state index in [1.54, 1.807) is 49.6 Å². The van der Waals surface area contributed by atoms with Gasteiger partial charge in [0.05, 0.1) is 18.4 Å². The van der Waals surface area contributed by atoms with Crippen molar-refractivity contribution in [1.82, 2.24) is 10.6 Å². The van der Waals surface area contributed by atoms with Crippen molar-refractivity contribution < 1.29 is 19.1 Å². The Hall–Kier alpha value is -4.13. The highest BCUT2D eigenvalue weighted by Gasteiger charge is 2.17. The second kappa shape index (κ2) is 10.6. The van der Waals surface area contributed by atoms with Crippen molar-refractivity contribution in [3.05, 3.63) is 95.6 Å². The van der Waals surface area contributed by atoms with Gasteiger partial charge in [0.1, 0.15) is 5.75 Å². The zero-order chi connectivity index (χ0) is 22.1. The summed E-state index contributed by atoms with van der Waals surface area (Å²) in [7, 11) is 1.55. The van der Waals surface area contributed by atoms with Crippen LogP contribution in [0.25, 0.3) is 0 Å². The van der Waals surface area contributed by atoms with E-state index in [1.165, 1.54) is 0 Å². The summed E-state index contributed by atoms with van der Waals surface area (Å²) in [6, 6.07) is 23.2. The third kappa shape index (κ3) is 6.17. The maximum Gasteiger partial charge on any atom is 0.313 e. The Balaban J connectivity index is 1.59. The SMILES string of the molecule is COc1cccc(CNC(=O)C(=O)Nc2ccccc2C(=O)NCc2ccccc2)c1. The standard InChI is InChI=1S/C24H23N3O4/c1-31-19-11-7-10-18(14-19)16-26-23(29)24(30)27-21-13-6-5-12-20(21)22(28)25-15-17-8-3-2-4-9-17/h2-14H,15-16H2,1H3,(H,25,28)(H,26,29)(H,27,30). The van der Waals surface area contributed by atoms with Gasteiger partial charge in [-0.1, -0.05) is 54.6 Å². The van der Waals surface area contributed by atoms with Gasteiger partial charge in [0.15, 0.2) is 0 Å². The van der Waals surface area contributed by atoms with Crippen molar-refractivity contribution in [2.24, 2.45) is 0 Å². The predicted octanol–water partition coefficient (Wildman–Crippen LogP) is 2.88. The van der Waals surface area contributed by atoms with Crippen LogP contribution >= 0.6 is 0 Å². The van der Waals surface area contributed by atoms with Gasteiger partial charge in [-0.3, -0.25) is 14.4 Å². The average Bonchev–Trinajstić information content (AvgIpc) is 2.82. The first kappa shape index (κ1) is 21.6. The Labute approximate surface area is 180 Å². The van der Waals surface area contributed by atoms with E-state index in [4.69, 9.17) is 4.74 Å². The molecule has 7 nitrogen and oxygen atoms in total. The molecule has 0 fully saturated rings. The maximum absolute atomic E-state index is 12.6. The molecule has 158 valence electrons. The van der Waals surface area contributed by atoms with Crippen LogP contribution in [0, 0.1) is 0 Å². The van der Waals surface area contributed by atoms with Gasteiger partial charge in [-0.2, -0.15) is 0 Å². The number of benzene rings is 3. The summed E-state index contributed by atoms with van der Waals surface area (Å²) >= 11 is 0. The van der Waals surface area contributed by atoms with E-state index in [0.717, 1.165) is 11.1 Å². The molecule has 0 saturated carbocycles. The smallest absolute Gasteiger partial charge is 0.313 e. The molecule has 0 aliphatic heterocycles. The fourth-order valence-electron chi connectivity index (χ4n) is 2.89. The summed E-state index contributed by atoms with van der Waals surface area (Å²) in [5.74, 6) is -1.35. The Kier molecular flexibility index (Phi) is 7.37. The minimum atomic E-state index is -0.855. The lowest BCUT2D eigenvalue weighted by molar-refractivity contribution is -0.136. The second-order valence-electron chi connectivity index (χ2n) is 6.70. The summed E-state index contributed by atoms with van der Waals surface area (Å²) in [4.78, 5) is 37.1. The number of hydrogen-bond acceptors (Lipinski definition) is 4. The fraction of sp³-hybridized carbons (Fsp3) is 0.125. The molecular formula is C24H23N3O4. The number of methoxy groups -OCH3 is 1. The Morgan fingerprint density at radius 1 is 0.742 bits per heavy atom. The number of carbonyl (C=O) groups excluding carboxylic acids is 3. The van der Waals surface area contributed by atoms with Gasteiger partial charge >= 0.3 is 11.8 Å². The van der Waals surface area contributed by atoms with E-state index in [-0.39, 0.29) is 23.7 Å². The number of hydrogen-bond donors (Lipinski definition) is 3. The third-order valence-electron chi connectivity index (χ3n) is 4.51. The summed E-state index contributed by atoms with van der Waals surface area (Å²) in [5.41, 5.74) is 2.28. The molecule has 3 rings (SSSR count). The Morgan fingerprint density at radius 3 is 2.19 bits per heavy atom. The Morgan fingerprint density at radius 2 is 1.42 bits per heavy atom. The van der Waals surface area contributed by atoms with E-state index in [0.29, 0.717) is 12.3 Å². The van der Waals surface area contributed by atoms with E-state index in [2.05, 4.69) is 16.0 Å². The molecule has 7 heteroatoms. The van der Waals surface area contributed by atoms with Gasteiger partial charge in [0, 0.05) is 13.1 Å². The monoisotopic (exact) mass is 417 g/mol. The molecule has 0 aliphatic carbocycles. The van der Waals surface area contributed by atoms with Crippen LogP contribution < -0.4 is 20.7 Å². The van der Waals surface area contributed by atoms with Crippen LogP contribution in [0.5, 0.6) is 5.75 Å². The molecule has 0 unspecified atom stereocenters. The van der Waals surface area contributed by atoms with Crippen LogP contribution in [0.2, 0.25) is 0 Å². The summed E-state index contributed by atoms with van der Waals surface area (Å²) < 4.78 is 5.14. The van der Waals surface area contributed by atoms with Gasteiger partial charge in [-0.05, 0) is 35.4 Å². The van der Waals surface area contributed by atoms with Gasteiger partial charge < -0.3 is 20.7 Å². The molecular weight excluding hydrogens is 394 g/mol. The number of anilines is 1. The lowest BCUT2D eigenvalue weighted by Gasteiger charge is -2.12.